The topological polar surface area (TPSA) is 35.6 Å². The number of nitrogens with one attached hydrogen (secondary N) is 1. The maximum absolute atomic E-state index is 11.7. The lowest BCUT2D eigenvalue weighted by Crippen LogP contribution is -2.51. The van der Waals surface area contributed by atoms with Crippen molar-refractivity contribution in [3.63, 3.8) is 0 Å². The molecule has 1 saturated heterocycles. The van der Waals surface area contributed by atoms with E-state index >= 15 is 0 Å². The van der Waals surface area contributed by atoms with Gasteiger partial charge >= 0.3 is 6.03 Å². The molecule has 4 nitrogen and oxygen atoms in total. The summed E-state index contributed by atoms with van der Waals surface area (Å²) in [5.41, 5.74) is 1.05. The zero-order valence-electron chi connectivity index (χ0n) is 10.8. The average Bonchev–Trinajstić information content (AvgIpc) is 2.42. The zero-order chi connectivity index (χ0) is 13.8. The van der Waals surface area contributed by atoms with Crippen molar-refractivity contribution in [3.05, 3.63) is 28.2 Å². The Balaban J connectivity index is 1.96. The molecule has 2 amide bonds. The zero-order valence-corrected chi connectivity index (χ0v) is 12.3. The van der Waals surface area contributed by atoms with Crippen LogP contribution in [0.4, 0.5) is 10.5 Å². The molecule has 2 rings (SSSR count). The lowest BCUT2D eigenvalue weighted by molar-refractivity contribution is 0.195. The third-order valence-corrected chi connectivity index (χ3v) is 3.90. The van der Waals surface area contributed by atoms with Crippen LogP contribution in [0.3, 0.4) is 0 Å². The second-order valence-corrected chi connectivity index (χ2v) is 5.22. The van der Waals surface area contributed by atoms with Crippen LogP contribution in [0.2, 0.25) is 10.0 Å². The molecule has 0 aliphatic carbocycles. The third kappa shape index (κ3) is 3.45. The Labute approximate surface area is 123 Å². The fourth-order valence-corrected chi connectivity index (χ4v) is 2.40. The molecule has 1 aromatic rings. The number of hydrogen-bond donors (Lipinski definition) is 1. The van der Waals surface area contributed by atoms with Crippen molar-refractivity contribution in [1.29, 1.82) is 0 Å². The lowest BCUT2D eigenvalue weighted by atomic mass is 10.2. The number of carbonyl (C=O) groups excluding carboxylic acids is 1. The molecule has 0 unspecified atom stereocenters. The summed E-state index contributed by atoms with van der Waals surface area (Å²) in [5, 5.41) is 3.94. The van der Waals surface area contributed by atoms with Gasteiger partial charge < -0.3 is 15.1 Å². The molecular weight excluding hydrogens is 285 g/mol. The predicted molar refractivity (Wildman–Crippen MR) is 79.3 cm³/mol. The van der Waals surface area contributed by atoms with Crippen molar-refractivity contribution in [3.8, 4) is 0 Å². The first-order valence-corrected chi connectivity index (χ1v) is 7.10. The van der Waals surface area contributed by atoms with Gasteiger partial charge in [0.1, 0.15) is 0 Å². The number of carbonyl (C=O) groups is 1. The average molecular weight is 302 g/mol. The van der Waals surface area contributed by atoms with E-state index in [1.807, 2.05) is 24.0 Å². The van der Waals surface area contributed by atoms with Crippen LogP contribution in [0.1, 0.15) is 6.92 Å². The van der Waals surface area contributed by atoms with Gasteiger partial charge in [-0.2, -0.15) is 0 Å². The summed E-state index contributed by atoms with van der Waals surface area (Å²) in [6.45, 7) is 5.61. The number of hydrogen-bond acceptors (Lipinski definition) is 2. The molecule has 1 aliphatic heterocycles. The Kier molecular flexibility index (Phi) is 4.77. The molecule has 1 fully saturated rings. The molecule has 6 heteroatoms. The van der Waals surface area contributed by atoms with Crippen LogP contribution in [0.15, 0.2) is 18.2 Å². The van der Waals surface area contributed by atoms with Gasteiger partial charge in [-0.25, -0.2) is 4.79 Å². The van der Waals surface area contributed by atoms with Gasteiger partial charge in [-0.05, 0) is 25.1 Å². The van der Waals surface area contributed by atoms with E-state index in [0.717, 1.165) is 18.8 Å². The normalized spacial score (nSPS) is 15.5. The molecular formula is C13H17Cl2N3O. The Morgan fingerprint density at radius 2 is 1.89 bits per heavy atom. The van der Waals surface area contributed by atoms with Crippen LogP contribution < -0.4 is 10.2 Å². The van der Waals surface area contributed by atoms with Crippen LogP contribution in [0, 0.1) is 0 Å². The van der Waals surface area contributed by atoms with Gasteiger partial charge in [0.05, 0.1) is 10.0 Å². The molecule has 19 heavy (non-hydrogen) atoms. The SMILES string of the molecule is CCNC(=O)N1CCN(c2ccc(Cl)c(Cl)c2)CC1. The van der Waals surface area contributed by atoms with E-state index in [1.165, 1.54) is 0 Å². The highest BCUT2D eigenvalue weighted by atomic mass is 35.5. The maximum Gasteiger partial charge on any atom is 0.317 e. The highest BCUT2D eigenvalue weighted by Gasteiger charge is 2.20. The van der Waals surface area contributed by atoms with E-state index in [4.69, 9.17) is 23.2 Å². The van der Waals surface area contributed by atoms with Gasteiger partial charge in [0.25, 0.3) is 0 Å². The number of rotatable bonds is 2. The van der Waals surface area contributed by atoms with Gasteiger partial charge in [0, 0.05) is 38.4 Å². The van der Waals surface area contributed by atoms with Gasteiger partial charge in [0.2, 0.25) is 0 Å². The Bertz CT molecular complexity index is 459. The van der Waals surface area contributed by atoms with E-state index < -0.39 is 0 Å². The van der Waals surface area contributed by atoms with Crippen LogP contribution in [-0.2, 0) is 0 Å². The summed E-state index contributed by atoms with van der Waals surface area (Å²) in [6, 6.07) is 5.63. The summed E-state index contributed by atoms with van der Waals surface area (Å²) < 4.78 is 0. The third-order valence-electron chi connectivity index (χ3n) is 3.16. The minimum Gasteiger partial charge on any atom is -0.368 e. The van der Waals surface area contributed by atoms with Crippen LogP contribution in [-0.4, -0.2) is 43.7 Å². The highest BCUT2D eigenvalue weighted by Crippen LogP contribution is 2.27. The van der Waals surface area contributed by atoms with E-state index in [9.17, 15) is 4.79 Å². The van der Waals surface area contributed by atoms with Crippen LogP contribution in [0.25, 0.3) is 0 Å². The molecule has 0 bridgehead atoms. The van der Waals surface area contributed by atoms with Crippen LogP contribution in [0.5, 0.6) is 0 Å². The van der Waals surface area contributed by atoms with Crippen molar-refractivity contribution < 1.29 is 4.79 Å². The smallest absolute Gasteiger partial charge is 0.317 e. The summed E-state index contributed by atoms with van der Waals surface area (Å²) in [5.74, 6) is 0. The highest BCUT2D eigenvalue weighted by molar-refractivity contribution is 6.42. The van der Waals surface area contributed by atoms with Crippen molar-refractivity contribution >= 4 is 34.9 Å². The summed E-state index contributed by atoms with van der Waals surface area (Å²) in [4.78, 5) is 15.7. The predicted octanol–water partition coefficient (Wildman–Crippen LogP) is 2.84. The number of benzene rings is 1. The number of urea groups is 1. The first-order valence-electron chi connectivity index (χ1n) is 6.34. The largest absolute Gasteiger partial charge is 0.368 e. The molecule has 104 valence electrons. The Morgan fingerprint density at radius 3 is 2.47 bits per heavy atom. The maximum atomic E-state index is 11.7. The summed E-state index contributed by atoms with van der Waals surface area (Å²) >= 11 is 11.9. The van der Waals surface area contributed by atoms with Gasteiger partial charge in [-0.15, -0.1) is 0 Å². The van der Waals surface area contributed by atoms with Gasteiger partial charge in [-0.3, -0.25) is 0 Å². The molecule has 1 N–H and O–H groups in total. The molecule has 0 spiro atoms. The number of piperazine rings is 1. The molecule has 1 aromatic carbocycles. The van der Waals surface area contributed by atoms with Crippen molar-refractivity contribution in [2.24, 2.45) is 0 Å². The van der Waals surface area contributed by atoms with Gasteiger partial charge in [0.15, 0.2) is 0 Å². The Morgan fingerprint density at radius 1 is 1.21 bits per heavy atom. The van der Waals surface area contributed by atoms with E-state index in [-0.39, 0.29) is 6.03 Å². The van der Waals surface area contributed by atoms with Gasteiger partial charge in [-0.1, -0.05) is 23.2 Å². The number of amides is 2. The second-order valence-electron chi connectivity index (χ2n) is 4.41. The second kappa shape index (κ2) is 6.35. The van der Waals surface area contributed by atoms with E-state index in [1.54, 1.807) is 6.07 Å². The molecule has 1 aliphatic rings. The summed E-state index contributed by atoms with van der Waals surface area (Å²) in [7, 11) is 0. The van der Waals surface area contributed by atoms with Crippen molar-refractivity contribution in [2.75, 3.05) is 37.6 Å². The van der Waals surface area contributed by atoms with Crippen LogP contribution >= 0.6 is 23.2 Å². The Hall–Kier alpha value is -1.13. The lowest BCUT2D eigenvalue weighted by Gasteiger charge is -2.36. The molecule has 1 heterocycles. The van der Waals surface area contributed by atoms with Crippen molar-refractivity contribution in [2.45, 2.75) is 6.92 Å². The molecule has 0 radical (unpaired) electrons. The number of halogens is 2. The standard InChI is InChI=1S/C13H17Cl2N3O/c1-2-16-13(19)18-7-5-17(6-8-18)10-3-4-11(14)12(15)9-10/h3-4,9H,2,5-8H2,1H3,(H,16,19). The fraction of sp³-hybridized carbons (Fsp3) is 0.462. The first kappa shape index (κ1) is 14.3. The molecule has 0 atom stereocenters. The van der Waals surface area contributed by atoms with Crippen molar-refractivity contribution in [1.82, 2.24) is 10.2 Å². The number of anilines is 1. The minimum absolute atomic E-state index is 0.0105. The van der Waals surface area contributed by atoms with E-state index in [0.29, 0.717) is 29.7 Å². The summed E-state index contributed by atoms with van der Waals surface area (Å²) in [6.07, 6.45) is 0. The minimum atomic E-state index is 0.0105. The molecule has 0 saturated carbocycles. The first-order chi connectivity index (χ1) is 9.11. The fourth-order valence-electron chi connectivity index (χ4n) is 2.11. The number of nitrogens with zero attached hydrogens (tertiary/aromatic N) is 2. The van der Waals surface area contributed by atoms with E-state index in [2.05, 4.69) is 10.2 Å². The quantitative estimate of drug-likeness (QED) is 0.912. The molecule has 0 aromatic heterocycles. The monoisotopic (exact) mass is 301 g/mol.